The van der Waals surface area contributed by atoms with E-state index < -0.39 is 40.5 Å². The Morgan fingerprint density at radius 1 is 1.19 bits per heavy atom. The number of anilines is 2. The predicted molar refractivity (Wildman–Crippen MR) is 173 cm³/mol. The van der Waals surface area contributed by atoms with Crippen LogP contribution in [-0.4, -0.2) is 84.0 Å². The standard InChI is InChI=1S/C33H39ClF5N7O2/c1-17-12-21(40)42-27(24(17)33(37,38)39)22-25(34)29-23-28(26(22)36)43-31(48-16-32-8-5-10-45(32)14-19(35)13-32)44-30(23)46(11-9-41-2)20-7-4-3-6-18(20)15-47-29/h12,18-20,41H,3-11,13-16H2,1-2H3,(H2,40,42)/t18?,19-,20?,32+/m1/s1. The number of hydrogen-bond acceptors (Lipinski definition) is 9. The highest BCUT2D eigenvalue weighted by Gasteiger charge is 2.49. The second-order valence-corrected chi connectivity index (χ2v) is 13.9. The normalized spacial score (nSPS) is 25.8. The molecule has 0 spiro atoms. The lowest BCUT2D eigenvalue weighted by Crippen LogP contribution is -2.48. The predicted octanol–water partition coefficient (Wildman–Crippen LogP) is 6.33. The lowest BCUT2D eigenvalue weighted by Gasteiger charge is -2.42. The Labute approximate surface area is 280 Å². The van der Waals surface area contributed by atoms with Crippen molar-refractivity contribution in [1.29, 1.82) is 0 Å². The van der Waals surface area contributed by atoms with Crippen LogP contribution in [0.3, 0.4) is 0 Å². The smallest absolute Gasteiger partial charge is 0.418 e. The molecule has 1 aromatic carbocycles. The van der Waals surface area contributed by atoms with Crippen molar-refractivity contribution in [3.8, 4) is 23.0 Å². The van der Waals surface area contributed by atoms with Gasteiger partial charge in [-0.15, -0.1) is 0 Å². The lowest BCUT2D eigenvalue weighted by molar-refractivity contribution is -0.137. The van der Waals surface area contributed by atoms with E-state index in [1.54, 1.807) is 0 Å². The van der Waals surface area contributed by atoms with Crippen LogP contribution in [-0.2, 0) is 6.18 Å². The summed E-state index contributed by atoms with van der Waals surface area (Å²) in [6.07, 6.45) is -0.273. The molecule has 4 aliphatic rings. The van der Waals surface area contributed by atoms with Crippen LogP contribution in [0.1, 0.15) is 56.1 Å². The van der Waals surface area contributed by atoms with Gasteiger partial charge in [0.15, 0.2) is 11.6 Å². The maximum Gasteiger partial charge on any atom is 0.418 e. The maximum atomic E-state index is 17.1. The minimum Gasteiger partial charge on any atom is -0.491 e. The van der Waals surface area contributed by atoms with E-state index in [1.165, 1.54) is 6.92 Å². The molecule has 3 aliphatic heterocycles. The van der Waals surface area contributed by atoms with Gasteiger partial charge in [-0.05, 0) is 57.8 Å². The van der Waals surface area contributed by atoms with Gasteiger partial charge in [0.05, 0.1) is 39.4 Å². The first-order chi connectivity index (χ1) is 22.9. The van der Waals surface area contributed by atoms with Gasteiger partial charge in [-0.1, -0.05) is 24.4 Å². The van der Waals surface area contributed by atoms with Crippen LogP contribution in [0, 0.1) is 18.7 Å². The molecule has 0 bridgehead atoms. The number of rotatable bonds is 7. The number of alkyl halides is 4. The fourth-order valence-electron chi connectivity index (χ4n) is 8.38. The van der Waals surface area contributed by atoms with Crippen molar-refractivity contribution in [2.24, 2.45) is 5.92 Å². The zero-order valence-corrected chi connectivity index (χ0v) is 27.7. The summed E-state index contributed by atoms with van der Waals surface area (Å²) >= 11 is 6.90. The van der Waals surface area contributed by atoms with Crippen LogP contribution in [0.25, 0.3) is 22.2 Å². The Morgan fingerprint density at radius 2 is 1.98 bits per heavy atom. The van der Waals surface area contributed by atoms with E-state index in [-0.39, 0.29) is 64.2 Å². The number of nitrogens with one attached hydrogen (secondary N) is 1. The van der Waals surface area contributed by atoms with Gasteiger partial charge >= 0.3 is 12.2 Å². The van der Waals surface area contributed by atoms with Gasteiger partial charge in [0.25, 0.3) is 0 Å². The van der Waals surface area contributed by atoms with Gasteiger partial charge in [-0.25, -0.2) is 13.8 Å². The molecule has 260 valence electrons. The number of benzene rings is 1. The molecule has 2 unspecified atom stereocenters. The molecule has 9 nitrogen and oxygen atoms in total. The first kappa shape index (κ1) is 33.3. The number of halogens is 6. The number of aromatic nitrogens is 3. The maximum absolute atomic E-state index is 17.1. The minimum absolute atomic E-state index is 0.00571. The number of nitrogens with two attached hydrogens (primary N) is 1. The average molecular weight is 696 g/mol. The van der Waals surface area contributed by atoms with Crippen molar-refractivity contribution in [3.63, 3.8) is 0 Å². The monoisotopic (exact) mass is 695 g/mol. The number of nitrogens with zero attached hydrogens (tertiary/aromatic N) is 5. The molecule has 0 radical (unpaired) electrons. The molecule has 48 heavy (non-hydrogen) atoms. The second-order valence-electron chi connectivity index (χ2n) is 13.6. The molecular weight excluding hydrogens is 657 g/mol. The second kappa shape index (κ2) is 12.6. The van der Waals surface area contributed by atoms with Crippen molar-refractivity contribution in [3.05, 3.63) is 28.0 Å². The zero-order chi connectivity index (χ0) is 34.0. The summed E-state index contributed by atoms with van der Waals surface area (Å²) in [4.78, 5) is 17.5. The molecule has 1 aliphatic carbocycles. The summed E-state index contributed by atoms with van der Waals surface area (Å²) in [7, 11) is 1.83. The number of nitrogen functional groups attached to an aromatic ring is 1. The average Bonchev–Trinajstić information content (AvgIpc) is 3.54. The third-order valence-electron chi connectivity index (χ3n) is 10.5. The Kier molecular flexibility index (Phi) is 8.72. The molecule has 1 saturated carbocycles. The summed E-state index contributed by atoms with van der Waals surface area (Å²) in [6.45, 7) is 3.68. The van der Waals surface area contributed by atoms with Crippen LogP contribution >= 0.6 is 11.6 Å². The Bertz CT molecular complexity index is 1730. The Balaban J connectivity index is 1.47. The van der Waals surface area contributed by atoms with E-state index in [0.29, 0.717) is 31.9 Å². The van der Waals surface area contributed by atoms with E-state index in [1.807, 2.05) is 7.05 Å². The number of ether oxygens (including phenoxy) is 2. The van der Waals surface area contributed by atoms with Gasteiger partial charge in [-0.3, -0.25) is 4.90 Å². The molecule has 5 heterocycles. The first-order valence-electron chi connectivity index (χ1n) is 16.5. The van der Waals surface area contributed by atoms with Crippen molar-refractivity contribution in [2.75, 3.05) is 57.1 Å². The SMILES string of the molecule is CNCCN1c2nc(OC[C@@]34CCCN3C[C@H](F)C4)nc3c(F)c(-c4nc(N)cc(C)c4C(F)(F)F)c(Cl)c(c23)OCC2CCCCC21. The largest absolute Gasteiger partial charge is 0.491 e. The van der Waals surface area contributed by atoms with Crippen LogP contribution in [0.15, 0.2) is 6.07 Å². The third kappa shape index (κ3) is 5.67. The van der Waals surface area contributed by atoms with Gasteiger partial charge in [-0.2, -0.15) is 23.1 Å². The highest BCUT2D eigenvalue weighted by atomic mass is 35.5. The van der Waals surface area contributed by atoms with Crippen molar-refractivity contribution >= 4 is 34.1 Å². The molecule has 15 heteroatoms. The number of fused-ring (bicyclic) bond motifs is 2. The molecule has 3 fully saturated rings. The van der Waals surface area contributed by atoms with Crippen LogP contribution in [0.4, 0.5) is 33.6 Å². The molecule has 3 aromatic rings. The summed E-state index contributed by atoms with van der Waals surface area (Å²) in [5.41, 5.74) is 2.32. The van der Waals surface area contributed by atoms with Gasteiger partial charge in [0.2, 0.25) is 0 Å². The first-order valence-corrected chi connectivity index (χ1v) is 16.9. The van der Waals surface area contributed by atoms with Gasteiger partial charge in [0, 0.05) is 38.0 Å². The molecule has 3 N–H and O–H groups in total. The van der Waals surface area contributed by atoms with E-state index in [2.05, 4.69) is 25.1 Å². The van der Waals surface area contributed by atoms with E-state index in [0.717, 1.165) is 51.1 Å². The molecule has 0 amide bonds. The third-order valence-corrected chi connectivity index (χ3v) is 10.9. The highest BCUT2D eigenvalue weighted by Crippen LogP contribution is 2.51. The summed E-state index contributed by atoms with van der Waals surface area (Å²) < 4.78 is 87.8. The van der Waals surface area contributed by atoms with E-state index in [9.17, 15) is 17.6 Å². The molecule has 4 atom stereocenters. The molecule has 2 saturated heterocycles. The number of pyridine rings is 1. The van der Waals surface area contributed by atoms with E-state index >= 15 is 4.39 Å². The molecule has 2 aromatic heterocycles. The Hall–Kier alpha value is -3.23. The van der Waals surface area contributed by atoms with Crippen LogP contribution in [0.2, 0.25) is 5.02 Å². The highest BCUT2D eigenvalue weighted by molar-refractivity contribution is 6.36. The summed E-state index contributed by atoms with van der Waals surface area (Å²) in [5, 5.41) is 2.95. The van der Waals surface area contributed by atoms with E-state index in [4.69, 9.17) is 31.8 Å². The summed E-state index contributed by atoms with van der Waals surface area (Å²) in [5.74, 6) is -0.999. The number of likely N-dealkylation sites (N-methyl/N-ethyl adjacent to an activating group) is 1. The minimum atomic E-state index is -4.90. The van der Waals surface area contributed by atoms with Gasteiger partial charge < -0.3 is 25.4 Å². The molecule has 7 rings (SSSR count). The number of aryl methyl sites for hydroxylation is 1. The van der Waals surface area contributed by atoms with Crippen LogP contribution in [0.5, 0.6) is 11.8 Å². The zero-order valence-electron chi connectivity index (χ0n) is 26.9. The lowest BCUT2D eigenvalue weighted by atomic mass is 9.83. The fraction of sp³-hybridized carbons (Fsp3) is 0.606. The summed E-state index contributed by atoms with van der Waals surface area (Å²) in [6, 6.07) is 0.920. The Morgan fingerprint density at radius 3 is 2.75 bits per heavy atom. The number of hydrogen-bond donors (Lipinski definition) is 2. The van der Waals surface area contributed by atoms with Crippen LogP contribution < -0.4 is 25.4 Å². The quantitative estimate of drug-likeness (QED) is 0.275. The topological polar surface area (TPSA) is 102 Å². The molecular formula is C33H39ClF5N7O2. The van der Waals surface area contributed by atoms with Crippen molar-refractivity contribution < 1.29 is 31.4 Å². The van der Waals surface area contributed by atoms with Crippen molar-refractivity contribution in [1.82, 2.24) is 25.2 Å². The fourth-order valence-corrected chi connectivity index (χ4v) is 8.70. The van der Waals surface area contributed by atoms with Crippen molar-refractivity contribution in [2.45, 2.75) is 75.8 Å². The van der Waals surface area contributed by atoms with Gasteiger partial charge in [0.1, 0.15) is 29.9 Å².